The van der Waals surface area contributed by atoms with E-state index in [1.807, 2.05) is 48.5 Å². The number of benzene rings is 2. The van der Waals surface area contributed by atoms with Gasteiger partial charge >= 0.3 is 0 Å². The van der Waals surface area contributed by atoms with Crippen LogP contribution in [0.25, 0.3) is 6.08 Å². The Kier molecular flexibility index (Phi) is 4.88. The van der Waals surface area contributed by atoms with Crippen LogP contribution in [0, 0.1) is 11.3 Å². The van der Waals surface area contributed by atoms with Crippen molar-refractivity contribution in [2.75, 3.05) is 12.4 Å². The van der Waals surface area contributed by atoms with E-state index in [0.717, 1.165) is 12.0 Å². The summed E-state index contributed by atoms with van der Waals surface area (Å²) in [5, 5.41) is 14.7. The average molecular weight is 392 g/mol. The van der Waals surface area contributed by atoms with Crippen molar-refractivity contribution < 1.29 is 14.6 Å². The fourth-order valence-electron chi connectivity index (χ4n) is 5.06. The molecule has 1 saturated carbocycles. The van der Waals surface area contributed by atoms with Gasteiger partial charge in [-0.15, -0.1) is 0 Å². The third-order valence-electron chi connectivity index (χ3n) is 6.42. The number of ether oxygens (including phenoxy) is 1. The lowest BCUT2D eigenvalue weighted by atomic mass is 9.77. The Hall–Kier alpha value is -2.43. The van der Waals surface area contributed by atoms with E-state index in [0.29, 0.717) is 22.7 Å². The minimum absolute atomic E-state index is 0.175. The molecule has 0 saturated heterocycles. The van der Waals surface area contributed by atoms with Crippen molar-refractivity contribution in [2.45, 2.75) is 45.3 Å². The second-order valence-electron chi connectivity index (χ2n) is 9.11. The maximum Gasteiger partial charge on any atom is 0.257 e. The van der Waals surface area contributed by atoms with Gasteiger partial charge in [0.2, 0.25) is 0 Å². The number of aliphatic hydroxyl groups is 1. The highest BCUT2D eigenvalue weighted by atomic mass is 16.5. The molecule has 1 aliphatic carbocycles. The van der Waals surface area contributed by atoms with Gasteiger partial charge in [-0.3, -0.25) is 4.79 Å². The Labute approximate surface area is 172 Å². The molecule has 4 rings (SSSR count). The number of anilines is 1. The molecular weight excluding hydrogens is 362 g/mol. The average Bonchev–Trinajstić information content (AvgIpc) is 2.94. The first kappa shape index (κ1) is 19.9. The van der Waals surface area contributed by atoms with Crippen LogP contribution in [0.1, 0.15) is 50.3 Å². The zero-order valence-electron chi connectivity index (χ0n) is 17.5. The van der Waals surface area contributed by atoms with Crippen LogP contribution in [0.15, 0.2) is 54.1 Å². The number of hydrogen-bond donors (Lipinski definition) is 2. The first-order valence-electron chi connectivity index (χ1n) is 10.2. The van der Waals surface area contributed by atoms with Crippen LogP contribution in [0.4, 0.5) is 5.69 Å². The number of nitrogens with one attached hydrogen (secondary N) is 1. The Morgan fingerprint density at radius 3 is 2.52 bits per heavy atom. The molecule has 1 amide bonds. The van der Waals surface area contributed by atoms with E-state index in [9.17, 15) is 9.90 Å². The van der Waals surface area contributed by atoms with Gasteiger partial charge in [-0.25, -0.2) is 0 Å². The molecule has 3 atom stereocenters. The summed E-state index contributed by atoms with van der Waals surface area (Å²) < 4.78 is 5.47. The first-order valence-corrected chi connectivity index (χ1v) is 10.2. The van der Waals surface area contributed by atoms with E-state index < -0.39 is 11.7 Å². The zero-order valence-corrected chi connectivity index (χ0v) is 17.5. The van der Waals surface area contributed by atoms with Crippen LogP contribution in [0.5, 0.6) is 0 Å². The molecule has 2 aromatic carbocycles. The number of carbonyl (C=O) groups is 1. The molecule has 4 heteroatoms. The number of fused-ring (bicyclic) bond motifs is 1. The van der Waals surface area contributed by atoms with Crippen LogP contribution >= 0.6 is 0 Å². The number of allylic oxidation sites excluding steroid dienone is 1. The summed E-state index contributed by atoms with van der Waals surface area (Å²) in [6.07, 6.45) is 3.49. The van der Waals surface area contributed by atoms with Crippen LogP contribution in [0.3, 0.4) is 0 Å². The predicted octanol–water partition coefficient (Wildman–Crippen LogP) is 4.73. The first-order chi connectivity index (χ1) is 13.8. The third kappa shape index (κ3) is 3.30. The molecular formula is C25H29NO3. The topological polar surface area (TPSA) is 58.6 Å². The highest BCUT2D eigenvalue weighted by molar-refractivity contribution is 5.99. The summed E-state index contributed by atoms with van der Waals surface area (Å²) in [5.74, 6) is 0.329. The lowest BCUT2D eigenvalue weighted by Crippen LogP contribution is -2.52. The summed E-state index contributed by atoms with van der Waals surface area (Å²) in [4.78, 5) is 12.7. The van der Waals surface area contributed by atoms with Crippen molar-refractivity contribution in [3.63, 3.8) is 0 Å². The molecule has 0 bridgehead atoms. The van der Waals surface area contributed by atoms with Crippen LogP contribution in [-0.2, 0) is 15.1 Å². The van der Waals surface area contributed by atoms with Crippen LogP contribution in [-0.4, -0.2) is 24.2 Å². The minimum Gasteiger partial charge on any atom is -0.377 e. The fourth-order valence-corrected chi connectivity index (χ4v) is 5.06. The summed E-state index contributed by atoms with van der Waals surface area (Å²) in [6.45, 7) is 6.88. The number of carbonyl (C=O) groups excluding carboxylic acids is 1. The molecule has 0 radical (unpaired) electrons. The number of amides is 1. The van der Waals surface area contributed by atoms with Crippen LogP contribution < -0.4 is 5.32 Å². The molecule has 1 fully saturated rings. The van der Waals surface area contributed by atoms with Gasteiger partial charge in [-0.05, 0) is 47.4 Å². The zero-order chi connectivity index (χ0) is 20.8. The second-order valence-corrected chi connectivity index (χ2v) is 9.11. The van der Waals surface area contributed by atoms with E-state index in [1.54, 1.807) is 0 Å². The molecule has 1 heterocycles. The molecule has 1 aliphatic heterocycles. The summed E-state index contributed by atoms with van der Waals surface area (Å²) >= 11 is 0. The minimum atomic E-state index is -1.55. The van der Waals surface area contributed by atoms with E-state index in [2.05, 4.69) is 32.2 Å². The maximum atomic E-state index is 12.7. The third-order valence-corrected chi connectivity index (χ3v) is 6.42. The van der Waals surface area contributed by atoms with Crippen LogP contribution in [0.2, 0.25) is 0 Å². The van der Waals surface area contributed by atoms with E-state index in [4.69, 9.17) is 4.74 Å². The van der Waals surface area contributed by atoms with Crippen molar-refractivity contribution in [2.24, 2.45) is 11.3 Å². The van der Waals surface area contributed by atoms with Gasteiger partial charge in [0.15, 0.2) is 11.7 Å². The molecule has 0 spiro atoms. The quantitative estimate of drug-likeness (QED) is 0.795. The van der Waals surface area contributed by atoms with Gasteiger partial charge in [0.05, 0.1) is 0 Å². The SMILES string of the molecule is COC1C(=O)Nc2ccc(C=C3CC(C)CC3(C)C)cc2C1(O)c1ccccc1. The van der Waals surface area contributed by atoms with Gasteiger partial charge in [0.25, 0.3) is 5.91 Å². The summed E-state index contributed by atoms with van der Waals surface area (Å²) in [6, 6.07) is 15.2. The summed E-state index contributed by atoms with van der Waals surface area (Å²) in [5.41, 5.74) is 3.00. The van der Waals surface area contributed by atoms with Gasteiger partial charge in [-0.2, -0.15) is 0 Å². The lowest BCUT2D eigenvalue weighted by Gasteiger charge is -2.40. The van der Waals surface area contributed by atoms with Gasteiger partial charge in [0, 0.05) is 18.4 Å². The van der Waals surface area contributed by atoms with Crippen molar-refractivity contribution in [1.29, 1.82) is 0 Å². The normalized spacial score (nSPS) is 29.6. The van der Waals surface area contributed by atoms with E-state index in [-0.39, 0.29) is 11.3 Å². The monoisotopic (exact) mass is 391 g/mol. The summed E-state index contributed by atoms with van der Waals surface area (Å²) in [7, 11) is 1.46. The lowest BCUT2D eigenvalue weighted by molar-refractivity contribution is -0.142. The largest absolute Gasteiger partial charge is 0.377 e. The number of methoxy groups -OCH3 is 1. The molecule has 2 aliphatic rings. The molecule has 152 valence electrons. The standard InChI is InChI=1S/C25H29NO3/c1-16-12-19(24(2,3)15-16)13-17-10-11-21-20(14-17)25(28,18-8-6-5-7-9-18)22(29-4)23(27)26-21/h5-11,13-14,16,22,28H,12,15H2,1-4H3,(H,26,27). The fraction of sp³-hybridized carbons (Fsp3) is 0.400. The van der Waals surface area contributed by atoms with Crippen molar-refractivity contribution in [3.8, 4) is 0 Å². The predicted molar refractivity (Wildman–Crippen MR) is 115 cm³/mol. The van der Waals surface area contributed by atoms with E-state index in [1.165, 1.54) is 19.1 Å². The Morgan fingerprint density at radius 1 is 1.17 bits per heavy atom. The molecule has 3 unspecified atom stereocenters. The highest BCUT2D eigenvalue weighted by Gasteiger charge is 2.49. The highest BCUT2D eigenvalue weighted by Crippen LogP contribution is 2.47. The second kappa shape index (κ2) is 7.12. The van der Waals surface area contributed by atoms with Gasteiger partial charge < -0.3 is 15.2 Å². The number of hydrogen-bond acceptors (Lipinski definition) is 3. The van der Waals surface area contributed by atoms with Crippen molar-refractivity contribution in [3.05, 3.63) is 70.8 Å². The molecule has 4 nitrogen and oxygen atoms in total. The molecule has 2 N–H and O–H groups in total. The smallest absolute Gasteiger partial charge is 0.257 e. The molecule has 29 heavy (non-hydrogen) atoms. The Bertz CT molecular complexity index is 963. The molecule has 0 aromatic heterocycles. The van der Waals surface area contributed by atoms with E-state index >= 15 is 0 Å². The van der Waals surface area contributed by atoms with Crippen molar-refractivity contribution in [1.82, 2.24) is 0 Å². The Balaban J connectivity index is 1.86. The van der Waals surface area contributed by atoms with Gasteiger partial charge in [0.1, 0.15) is 0 Å². The van der Waals surface area contributed by atoms with Crippen molar-refractivity contribution >= 4 is 17.7 Å². The number of rotatable bonds is 3. The molecule has 2 aromatic rings. The van der Waals surface area contributed by atoms with Gasteiger partial charge in [-0.1, -0.05) is 68.8 Å². The Morgan fingerprint density at radius 2 is 1.90 bits per heavy atom. The maximum absolute atomic E-state index is 12.7.